The van der Waals surface area contributed by atoms with E-state index in [2.05, 4.69) is 11.1 Å². The lowest BCUT2D eigenvalue weighted by molar-refractivity contribution is -0.114. The maximum absolute atomic E-state index is 12.9. The van der Waals surface area contributed by atoms with Gasteiger partial charge in [-0.05, 0) is 73.4 Å². The average molecular weight is 540 g/mol. The molecule has 0 bridgehead atoms. The zero-order chi connectivity index (χ0) is 27.4. The van der Waals surface area contributed by atoms with Crippen molar-refractivity contribution in [1.29, 1.82) is 5.41 Å². The van der Waals surface area contributed by atoms with E-state index in [1.165, 1.54) is 11.8 Å². The number of ether oxygens (including phenoxy) is 3. The average Bonchev–Trinajstić information content (AvgIpc) is 3.34. The molecule has 39 heavy (non-hydrogen) atoms. The Morgan fingerprint density at radius 1 is 0.923 bits per heavy atom. The largest absolute Gasteiger partial charge is 0.490 e. The van der Waals surface area contributed by atoms with Gasteiger partial charge in [-0.2, -0.15) is 4.99 Å². The molecule has 0 fully saturated rings. The van der Waals surface area contributed by atoms with Gasteiger partial charge in [-0.3, -0.25) is 15.1 Å². The molecule has 2 aliphatic rings. The standard InChI is InChI=1S/C31H29N3O4S/c1-4-36-28-18-22(10-11-27(28)38-13-12-37-24-15-20(2)14-21(3)16-24)17-25-29(32)34-26(23-8-6-5-7-9-23)19-39-31(34)33-30(25)35/h5-11,14-19,32H,4,12-13H2,1-3H3/b25-17-,32-29?. The Bertz CT molecular complexity index is 1490. The Hall–Kier alpha value is -4.30. The number of carbonyl (C=O) groups is 1. The number of carbonyl (C=O) groups excluding carboxylic acids is 1. The number of aryl methyl sites for hydroxylation is 2. The SMILES string of the molecule is CCOc1cc(/C=C2/C(=N)N3C(c4ccccc4)=CSC3=NC2=O)ccc1OCCOc1cc(C)cc(C)c1. The van der Waals surface area contributed by atoms with Crippen LogP contribution < -0.4 is 14.2 Å². The Labute approximate surface area is 232 Å². The van der Waals surface area contributed by atoms with Crippen LogP contribution in [0.3, 0.4) is 0 Å². The van der Waals surface area contributed by atoms with Crippen LogP contribution in [0.5, 0.6) is 17.2 Å². The van der Waals surface area contributed by atoms with Gasteiger partial charge in [0.25, 0.3) is 5.91 Å². The van der Waals surface area contributed by atoms with Gasteiger partial charge in [0.1, 0.15) is 24.8 Å². The van der Waals surface area contributed by atoms with E-state index in [4.69, 9.17) is 19.6 Å². The van der Waals surface area contributed by atoms with Crippen LogP contribution in [-0.2, 0) is 4.79 Å². The van der Waals surface area contributed by atoms with Gasteiger partial charge in [-0.15, -0.1) is 0 Å². The van der Waals surface area contributed by atoms with Crippen molar-refractivity contribution in [3.63, 3.8) is 0 Å². The molecule has 2 aliphatic heterocycles. The molecule has 0 atom stereocenters. The monoisotopic (exact) mass is 539 g/mol. The van der Waals surface area contributed by atoms with Crippen LogP contribution in [0.1, 0.15) is 29.2 Å². The van der Waals surface area contributed by atoms with Crippen LogP contribution in [0.2, 0.25) is 0 Å². The highest BCUT2D eigenvalue weighted by molar-refractivity contribution is 8.17. The number of hydrogen-bond donors (Lipinski definition) is 1. The van der Waals surface area contributed by atoms with Gasteiger partial charge in [-0.1, -0.05) is 54.2 Å². The first-order valence-electron chi connectivity index (χ1n) is 12.7. The predicted octanol–water partition coefficient (Wildman–Crippen LogP) is 6.46. The summed E-state index contributed by atoms with van der Waals surface area (Å²) in [6, 6.07) is 21.3. The van der Waals surface area contributed by atoms with Crippen molar-refractivity contribution in [3.8, 4) is 17.2 Å². The van der Waals surface area contributed by atoms with Gasteiger partial charge in [0.2, 0.25) is 0 Å². The van der Waals surface area contributed by atoms with Gasteiger partial charge < -0.3 is 14.2 Å². The molecule has 7 nitrogen and oxygen atoms in total. The lowest BCUT2D eigenvalue weighted by atomic mass is 10.1. The molecule has 2 heterocycles. The minimum absolute atomic E-state index is 0.0897. The van der Waals surface area contributed by atoms with Crippen molar-refractivity contribution in [2.75, 3.05) is 19.8 Å². The van der Waals surface area contributed by atoms with E-state index in [9.17, 15) is 4.79 Å². The second-order valence-corrected chi connectivity index (χ2v) is 9.92. The molecule has 0 saturated carbocycles. The molecule has 0 spiro atoms. The van der Waals surface area contributed by atoms with Crippen LogP contribution in [-0.4, -0.2) is 41.6 Å². The fourth-order valence-corrected chi connectivity index (χ4v) is 5.30. The molecule has 1 amide bonds. The summed E-state index contributed by atoms with van der Waals surface area (Å²) in [5.74, 6) is 1.60. The van der Waals surface area contributed by atoms with Crippen molar-refractivity contribution in [3.05, 3.63) is 100.0 Å². The number of thioether (sulfide) groups is 1. The van der Waals surface area contributed by atoms with Crippen LogP contribution in [0.4, 0.5) is 0 Å². The van der Waals surface area contributed by atoms with Gasteiger partial charge >= 0.3 is 0 Å². The Balaban J connectivity index is 1.31. The highest BCUT2D eigenvalue weighted by Gasteiger charge is 2.36. The van der Waals surface area contributed by atoms with E-state index >= 15 is 0 Å². The topological polar surface area (TPSA) is 84.2 Å². The summed E-state index contributed by atoms with van der Waals surface area (Å²) in [4.78, 5) is 18.8. The smallest absolute Gasteiger partial charge is 0.283 e. The van der Waals surface area contributed by atoms with Crippen molar-refractivity contribution in [2.24, 2.45) is 4.99 Å². The molecule has 3 aromatic rings. The van der Waals surface area contributed by atoms with Crippen molar-refractivity contribution < 1.29 is 19.0 Å². The van der Waals surface area contributed by atoms with E-state index in [-0.39, 0.29) is 11.4 Å². The normalized spacial score (nSPS) is 15.7. The fraction of sp³-hybridized carbons (Fsp3) is 0.194. The fourth-order valence-electron chi connectivity index (χ4n) is 4.41. The molecule has 0 aromatic heterocycles. The van der Waals surface area contributed by atoms with Gasteiger partial charge in [0.05, 0.1) is 17.9 Å². The maximum atomic E-state index is 12.9. The molecule has 0 unspecified atom stereocenters. The molecular weight excluding hydrogens is 510 g/mol. The Morgan fingerprint density at radius 3 is 2.41 bits per heavy atom. The number of amidine groups is 2. The predicted molar refractivity (Wildman–Crippen MR) is 157 cm³/mol. The summed E-state index contributed by atoms with van der Waals surface area (Å²) >= 11 is 1.34. The minimum Gasteiger partial charge on any atom is -0.490 e. The lowest BCUT2D eigenvalue weighted by Crippen LogP contribution is -2.38. The number of nitrogens with zero attached hydrogens (tertiary/aromatic N) is 2. The molecule has 198 valence electrons. The zero-order valence-corrected chi connectivity index (χ0v) is 22.9. The minimum atomic E-state index is -0.441. The molecular formula is C31H29N3O4S. The Kier molecular flexibility index (Phi) is 7.84. The lowest BCUT2D eigenvalue weighted by Gasteiger charge is -2.27. The van der Waals surface area contributed by atoms with Crippen LogP contribution in [0, 0.1) is 19.3 Å². The quantitative estimate of drug-likeness (QED) is 0.248. The third kappa shape index (κ3) is 5.91. The molecule has 3 aromatic carbocycles. The number of amides is 1. The molecule has 5 rings (SSSR count). The summed E-state index contributed by atoms with van der Waals surface area (Å²) < 4.78 is 17.6. The van der Waals surface area contributed by atoms with Crippen molar-refractivity contribution in [1.82, 2.24) is 4.90 Å². The third-order valence-electron chi connectivity index (χ3n) is 6.07. The summed E-state index contributed by atoms with van der Waals surface area (Å²) in [5, 5.41) is 11.3. The van der Waals surface area contributed by atoms with E-state index < -0.39 is 5.91 Å². The summed E-state index contributed by atoms with van der Waals surface area (Å²) in [6.45, 7) is 7.16. The van der Waals surface area contributed by atoms with Crippen molar-refractivity contribution in [2.45, 2.75) is 20.8 Å². The molecule has 8 heteroatoms. The maximum Gasteiger partial charge on any atom is 0.283 e. The number of rotatable bonds is 9. The number of hydrogen-bond acceptors (Lipinski definition) is 6. The Morgan fingerprint density at radius 2 is 1.67 bits per heavy atom. The first-order valence-corrected chi connectivity index (χ1v) is 13.6. The third-order valence-corrected chi connectivity index (χ3v) is 6.89. The first-order chi connectivity index (χ1) is 18.9. The molecule has 1 N–H and O–H groups in total. The molecule has 0 saturated heterocycles. The second-order valence-electron chi connectivity index (χ2n) is 9.09. The van der Waals surface area contributed by atoms with Crippen LogP contribution in [0.15, 0.2) is 82.7 Å². The van der Waals surface area contributed by atoms with Crippen LogP contribution in [0.25, 0.3) is 11.8 Å². The summed E-state index contributed by atoms with van der Waals surface area (Å²) in [5.41, 5.74) is 5.00. The van der Waals surface area contributed by atoms with E-state index in [0.29, 0.717) is 42.1 Å². The molecule has 0 aliphatic carbocycles. The zero-order valence-electron chi connectivity index (χ0n) is 22.1. The van der Waals surface area contributed by atoms with Gasteiger partial charge in [0.15, 0.2) is 16.7 Å². The first kappa shape index (κ1) is 26.3. The number of benzene rings is 3. The highest BCUT2D eigenvalue weighted by Crippen LogP contribution is 2.38. The van der Waals surface area contributed by atoms with E-state index in [0.717, 1.165) is 28.1 Å². The van der Waals surface area contributed by atoms with Gasteiger partial charge in [0, 0.05) is 5.41 Å². The number of fused-ring (bicyclic) bond motifs is 1. The van der Waals surface area contributed by atoms with E-state index in [1.807, 2.05) is 80.8 Å². The van der Waals surface area contributed by atoms with Crippen molar-refractivity contribution >= 4 is 40.4 Å². The van der Waals surface area contributed by atoms with Crippen LogP contribution >= 0.6 is 11.8 Å². The van der Waals surface area contributed by atoms with Gasteiger partial charge in [-0.25, -0.2) is 0 Å². The second kappa shape index (κ2) is 11.6. The summed E-state index contributed by atoms with van der Waals surface area (Å²) in [6.07, 6.45) is 1.67. The number of aliphatic imine (C=N–C) groups is 1. The number of nitrogens with one attached hydrogen (secondary N) is 1. The molecule has 0 radical (unpaired) electrons. The van der Waals surface area contributed by atoms with E-state index in [1.54, 1.807) is 17.0 Å². The summed E-state index contributed by atoms with van der Waals surface area (Å²) in [7, 11) is 0. The highest BCUT2D eigenvalue weighted by atomic mass is 32.2.